The summed E-state index contributed by atoms with van der Waals surface area (Å²) in [5.41, 5.74) is 5.94. The molecule has 2 unspecified atom stereocenters. The molecule has 0 saturated carbocycles. The molecule has 2 atom stereocenters. The van der Waals surface area contributed by atoms with Crippen molar-refractivity contribution in [1.29, 1.82) is 0 Å². The second-order valence-corrected chi connectivity index (χ2v) is 7.99. The van der Waals surface area contributed by atoms with Gasteiger partial charge in [0.1, 0.15) is 5.25 Å². The van der Waals surface area contributed by atoms with E-state index in [1.165, 1.54) is 23.1 Å². The summed E-state index contributed by atoms with van der Waals surface area (Å²) in [4.78, 5) is 24.9. The predicted molar refractivity (Wildman–Crippen MR) is 95.4 cm³/mol. The molecule has 2 amide bonds. The number of amides is 2. The van der Waals surface area contributed by atoms with E-state index in [4.69, 9.17) is 0 Å². The number of alkyl halides is 1. The molecular formula is C15H13BrN2O2S2. The summed E-state index contributed by atoms with van der Waals surface area (Å²) in [5, 5.41) is 2.69. The first-order valence-corrected chi connectivity index (χ1v) is 9.30. The smallest absolute Gasteiger partial charge is 0.272 e. The normalized spacial score (nSPS) is 20.3. The number of rotatable bonds is 2. The molecule has 0 bridgehead atoms. The van der Waals surface area contributed by atoms with Gasteiger partial charge in [0.2, 0.25) is 0 Å². The zero-order valence-electron chi connectivity index (χ0n) is 11.6. The van der Waals surface area contributed by atoms with Crippen LogP contribution in [0.3, 0.4) is 0 Å². The third-order valence-electron chi connectivity index (χ3n) is 3.38. The highest BCUT2D eigenvalue weighted by molar-refractivity contribution is 9.09. The van der Waals surface area contributed by atoms with Crippen LogP contribution in [0.2, 0.25) is 0 Å². The first-order chi connectivity index (χ1) is 10.6. The average molecular weight is 397 g/mol. The van der Waals surface area contributed by atoms with Gasteiger partial charge < -0.3 is 0 Å². The minimum Gasteiger partial charge on any atom is -0.272 e. The molecule has 0 radical (unpaired) electrons. The molecule has 1 aliphatic rings. The van der Waals surface area contributed by atoms with Crippen LogP contribution in [0.4, 0.5) is 0 Å². The van der Waals surface area contributed by atoms with Crippen LogP contribution in [0.25, 0.3) is 10.1 Å². The molecule has 0 spiro atoms. The van der Waals surface area contributed by atoms with Gasteiger partial charge in [0.05, 0.1) is 9.70 Å². The van der Waals surface area contributed by atoms with Gasteiger partial charge in [-0.1, -0.05) is 40.2 Å². The first kappa shape index (κ1) is 15.6. The summed E-state index contributed by atoms with van der Waals surface area (Å²) >= 11 is 6.26. The maximum atomic E-state index is 12.3. The highest BCUT2D eigenvalue weighted by atomic mass is 79.9. The summed E-state index contributed by atoms with van der Waals surface area (Å²) in [6.07, 6.45) is 1.91. The Morgan fingerprint density at radius 2 is 2.00 bits per heavy atom. The van der Waals surface area contributed by atoms with Gasteiger partial charge in [-0.05, 0) is 29.3 Å². The van der Waals surface area contributed by atoms with Crippen molar-refractivity contribution in [3.63, 3.8) is 0 Å². The van der Waals surface area contributed by atoms with Crippen LogP contribution in [-0.2, 0) is 4.79 Å². The minimum absolute atomic E-state index is 0.0135. The Bertz CT molecular complexity index is 772. The van der Waals surface area contributed by atoms with Crippen LogP contribution in [0.5, 0.6) is 0 Å². The fourth-order valence-electron chi connectivity index (χ4n) is 2.22. The summed E-state index contributed by atoms with van der Waals surface area (Å²) in [7, 11) is 0. The number of hydrogen-bond acceptors (Lipinski definition) is 4. The van der Waals surface area contributed by atoms with Gasteiger partial charge in [0.25, 0.3) is 11.8 Å². The molecule has 4 nitrogen and oxygen atoms in total. The lowest BCUT2D eigenvalue weighted by Gasteiger charge is -2.13. The quantitative estimate of drug-likeness (QED) is 0.604. The van der Waals surface area contributed by atoms with Gasteiger partial charge >= 0.3 is 0 Å². The molecule has 1 aromatic carbocycles. The molecule has 7 heteroatoms. The van der Waals surface area contributed by atoms with Crippen molar-refractivity contribution in [3.8, 4) is 0 Å². The molecule has 2 heterocycles. The maximum absolute atomic E-state index is 12.3. The highest BCUT2D eigenvalue weighted by Crippen LogP contribution is 2.31. The molecule has 3 rings (SSSR count). The van der Waals surface area contributed by atoms with Crippen molar-refractivity contribution < 1.29 is 9.59 Å². The Balaban J connectivity index is 1.69. The molecule has 0 saturated heterocycles. The second kappa shape index (κ2) is 6.44. The summed E-state index contributed by atoms with van der Waals surface area (Å²) < 4.78 is 1.06. The minimum atomic E-state index is -0.283. The number of hydrazine groups is 1. The number of aryl methyl sites for hydroxylation is 1. The van der Waals surface area contributed by atoms with Crippen LogP contribution < -0.4 is 10.9 Å². The third kappa shape index (κ3) is 2.93. The van der Waals surface area contributed by atoms with E-state index < -0.39 is 0 Å². The van der Waals surface area contributed by atoms with E-state index >= 15 is 0 Å². The topological polar surface area (TPSA) is 58.2 Å². The van der Waals surface area contributed by atoms with E-state index in [1.54, 1.807) is 0 Å². The third-order valence-corrected chi connectivity index (χ3v) is 6.95. The van der Waals surface area contributed by atoms with Crippen molar-refractivity contribution in [2.75, 3.05) is 0 Å². The molecule has 1 aromatic heterocycles. The van der Waals surface area contributed by atoms with Crippen LogP contribution in [0, 0.1) is 6.92 Å². The Morgan fingerprint density at radius 3 is 2.68 bits per heavy atom. The molecule has 2 N–H and O–H groups in total. The number of nitrogens with one attached hydrogen (secondary N) is 2. The molecule has 1 aliphatic heterocycles. The molecule has 22 heavy (non-hydrogen) atoms. The van der Waals surface area contributed by atoms with Gasteiger partial charge in [-0.2, -0.15) is 0 Å². The molecule has 0 fully saturated rings. The predicted octanol–water partition coefficient (Wildman–Crippen LogP) is 3.36. The number of fused-ring (bicyclic) bond motifs is 1. The number of hydrogen-bond donors (Lipinski definition) is 2. The average Bonchev–Trinajstić information content (AvgIpc) is 3.09. The molecule has 2 aromatic rings. The second-order valence-electron chi connectivity index (χ2n) is 4.83. The largest absolute Gasteiger partial charge is 0.280 e. The van der Waals surface area contributed by atoms with Crippen molar-refractivity contribution in [2.45, 2.75) is 17.0 Å². The van der Waals surface area contributed by atoms with Crippen LogP contribution >= 0.6 is 39.0 Å². The summed E-state index contributed by atoms with van der Waals surface area (Å²) in [6.45, 7) is 1.92. The standard InChI is InChI=1S/C15H13BrN2O2S2/c1-8-9-4-2-3-5-11(9)22-12(8)14(19)17-18-15(20)13-10(16)6-7-21-13/h2-7,10,13H,1H3,(H,17,19)(H,18,20). The zero-order valence-corrected chi connectivity index (χ0v) is 14.8. The van der Waals surface area contributed by atoms with E-state index in [0.29, 0.717) is 4.88 Å². The van der Waals surface area contributed by atoms with Gasteiger partial charge in [0, 0.05) is 4.70 Å². The Labute approximate surface area is 144 Å². The number of thiophene rings is 1. The lowest BCUT2D eigenvalue weighted by molar-refractivity contribution is -0.121. The van der Waals surface area contributed by atoms with Gasteiger partial charge in [-0.15, -0.1) is 23.1 Å². The number of allylic oxidation sites excluding steroid dienone is 1. The van der Waals surface area contributed by atoms with E-state index in [-0.39, 0.29) is 21.9 Å². The van der Waals surface area contributed by atoms with Gasteiger partial charge in [-0.3, -0.25) is 20.4 Å². The maximum Gasteiger partial charge on any atom is 0.280 e. The van der Waals surface area contributed by atoms with E-state index in [2.05, 4.69) is 26.8 Å². The fourth-order valence-corrected chi connectivity index (χ4v) is 5.15. The SMILES string of the molecule is Cc1c(C(=O)NNC(=O)C2SC=CC2Br)sc2ccccc12. The van der Waals surface area contributed by atoms with Gasteiger partial charge in [0.15, 0.2) is 0 Å². The van der Waals surface area contributed by atoms with Crippen molar-refractivity contribution in [1.82, 2.24) is 10.9 Å². The van der Waals surface area contributed by atoms with E-state index in [0.717, 1.165) is 15.6 Å². The Hall–Kier alpha value is -1.31. The lowest BCUT2D eigenvalue weighted by atomic mass is 10.1. The fraction of sp³-hybridized carbons (Fsp3) is 0.200. The van der Waals surface area contributed by atoms with Crippen molar-refractivity contribution in [3.05, 3.63) is 46.2 Å². The number of carbonyl (C=O) groups excluding carboxylic acids is 2. The Morgan fingerprint density at radius 1 is 1.23 bits per heavy atom. The van der Waals surface area contributed by atoms with Crippen LogP contribution in [-0.4, -0.2) is 21.9 Å². The van der Waals surface area contributed by atoms with Crippen molar-refractivity contribution in [2.24, 2.45) is 0 Å². The summed E-state index contributed by atoms with van der Waals surface area (Å²) in [6, 6.07) is 7.87. The Kier molecular flexibility index (Phi) is 4.56. The first-order valence-electron chi connectivity index (χ1n) is 6.62. The zero-order chi connectivity index (χ0) is 15.7. The lowest BCUT2D eigenvalue weighted by Crippen LogP contribution is -2.46. The molecule has 114 valence electrons. The van der Waals surface area contributed by atoms with E-state index in [1.807, 2.05) is 42.7 Å². The molecule has 0 aliphatic carbocycles. The van der Waals surface area contributed by atoms with Crippen LogP contribution in [0.1, 0.15) is 15.2 Å². The number of thioether (sulfide) groups is 1. The number of benzene rings is 1. The highest BCUT2D eigenvalue weighted by Gasteiger charge is 2.28. The molecular weight excluding hydrogens is 384 g/mol. The summed E-state index contributed by atoms with van der Waals surface area (Å²) in [5.74, 6) is -0.502. The number of halogens is 1. The van der Waals surface area contributed by atoms with Crippen LogP contribution in [0.15, 0.2) is 35.7 Å². The number of carbonyl (C=O) groups is 2. The van der Waals surface area contributed by atoms with Gasteiger partial charge in [-0.25, -0.2) is 0 Å². The van der Waals surface area contributed by atoms with Crippen molar-refractivity contribution >= 4 is 60.9 Å². The van der Waals surface area contributed by atoms with E-state index in [9.17, 15) is 9.59 Å². The monoisotopic (exact) mass is 396 g/mol.